The van der Waals surface area contributed by atoms with Crippen molar-refractivity contribution in [3.05, 3.63) is 81.6 Å². The number of nitrogens with two attached hydrogens (primary N) is 1. The summed E-state index contributed by atoms with van der Waals surface area (Å²) in [6.07, 6.45) is 0. The molecule has 0 heterocycles. The molecule has 0 aromatic heterocycles. The molecule has 0 saturated heterocycles. The number of amides is 2. The third-order valence-corrected chi connectivity index (χ3v) is 5.58. The van der Waals surface area contributed by atoms with Gasteiger partial charge in [-0.25, -0.2) is 4.39 Å². The van der Waals surface area contributed by atoms with E-state index < -0.39 is 17.6 Å². The lowest BCUT2D eigenvalue weighted by molar-refractivity contribution is 0.0984. The van der Waals surface area contributed by atoms with Gasteiger partial charge in [0, 0.05) is 23.2 Å². The molecule has 0 atom stereocenters. The van der Waals surface area contributed by atoms with Crippen molar-refractivity contribution >= 4 is 40.7 Å². The Kier molecular flexibility index (Phi) is 7.61. The number of hydrogen-bond acceptors (Lipinski definition) is 3. The molecule has 0 bridgehead atoms. The van der Waals surface area contributed by atoms with Crippen LogP contribution >= 0.6 is 23.2 Å². The molecule has 0 aliphatic carbocycles. The molecule has 0 unspecified atom stereocenters. The van der Waals surface area contributed by atoms with E-state index in [1.807, 2.05) is 13.8 Å². The third-order valence-electron chi connectivity index (χ3n) is 4.94. The van der Waals surface area contributed by atoms with Crippen molar-refractivity contribution in [2.45, 2.75) is 13.8 Å². The van der Waals surface area contributed by atoms with Crippen molar-refractivity contribution in [1.29, 1.82) is 0 Å². The Hall–Kier alpha value is -3.09. The van der Waals surface area contributed by atoms with Gasteiger partial charge >= 0.3 is 0 Å². The summed E-state index contributed by atoms with van der Waals surface area (Å²) in [5.74, 6) is -1.30. The van der Waals surface area contributed by atoms with E-state index in [1.54, 1.807) is 36.4 Å². The molecule has 3 rings (SSSR count). The van der Waals surface area contributed by atoms with E-state index in [1.165, 1.54) is 30.1 Å². The molecule has 0 saturated carbocycles. The Morgan fingerprint density at radius 1 is 1.06 bits per heavy atom. The van der Waals surface area contributed by atoms with Gasteiger partial charge in [-0.2, -0.15) is 0 Å². The fourth-order valence-corrected chi connectivity index (χ4v) is 3.68. The highest BCUT2D eigenvalue weighted by Crippen LogP contribution is 2.37. The Balaban J connectivity index is 2.08. The van der Waals surface area contributed by atoms with E-state index in [4.69, 9.17) is 33.7 Å². The lowest BCUT2D eigenvalue weighted by Gasteiger charge is -2.23. The number of carbonyl (C=O) groups excluding carboxylic acids is 2. The van der Waals surface area contributed by atoms with Crippen LogP contribution < -0.4 is 15.4 Å². The van der Waals surface area contributed by atoms with Crippen molar-refractivity contribution in [2.75, 3.05) is 18.6 Å². The molecule has 2 amide bonds. The Morgan fingerprint density at radius 3 is 2.42 bits per heavy atom. The standard InChI is InChI=1S/C25H23Cl2FN2O3/c1-14(2)13-33-22-12-15(17-11-16(24(29)31)7-9-18(17)26)8-10-21(22)30(3)25(32)23-19(27)5-4-6-20(23)28/h4-12,14H,13H2,1-3H3,(H2,29,31). The van der Waals surface area contributed by atoms with Gasteiger partial charge in [0.25, 0.3) is 5.91 Å². The first kappa shape index (κ1) is 24.6. The molecule has 0 spiro atoms. The summed E-state index contributed by atoms with van der Waals surface area (Å²) >= 11 is 12.5. The molecule has 0 aliphatic heterocycles. The first-order chi connectivity index (χ1) is 15.6. The maximum absolute atomic E-state index is 14.3. The smallest absolute Gasteiger partial charge is 0.262 e. The SMILES string of the molecule is CC(C)COc1cc(-c2cc(C(N)=O)ccc2Cl)ccc1N(C)C(=O)c1c(F)cccc1Cl. The lowest BCUT2D eigenvalue weighted by atomic mass is 10.0. The summed E-state index contributed by atoms with van der Waals surface area (Å²) in [6, 6.07) is 13.9. The summed E-state index contributed by atoms with van der Waals surface area (Å²) in [5.41, 5.74) is 7.16. The minimum Gasteiger partial charge on any atom is -0.491 e. The van der Waals surface area contributed by atoms with Gasteiger partial charge in [0.2, 0.25) is 5.91 Å². The number of ether oxygens (including phenoxy) is 1. The van der Waals surface area contributed by atoms with Crippen LogP contribution in [0.1, 0.15) is 34.6 Å². The highest BCUT2D eigenvalue weighted by Gasteiger charge is 2.23. The predicted octanol–water partition coefficient (Wildman–Crippen LogP) is 6.21. The van der Waals surface area contributed by atoms with E-state index in [2.05, 4.69) is 0 Å². The third kappa shape index (κ3) is 5.46. The van der Waals surface area contributed by atoms with Crippen LogP contribution in [-0.4, -0.2) is 25.5 Å². The van der Waals surface area contributed by atoms with E-state index in [0.29, 0.717) is 39.8 Å². The quantitative estimate of drug-likeness (QED) is 0.429. The molecule has 33 heavy (non-hydrogen) atoms. The van der Waals surface area contributed by atoms with Crippen molar-refractivity contribution in [2.24, 2.45) is 11.7 Å². The monoisotopic (exact) mass is 488 g/mol. The van der Waals surface area contributed by atoms with Gasteiger partial charge in [0.15, 0.2) is 0 Å². The van der Waals surface area contributed by atoms with Gasteiger partial charge in [0.05, 0.1) is 22.9 Å². The lowest BCUT2D eigenvalue weighted by Crippen LogP contribution is -2.28. The molecule has 5 nitrogen and oxygen atoms in total. The molecule has 2 N–H and O–H groups in total. The van der Waals surface area contributed by atoms with Gasteiger partial charge in [0.1, 0.15) is 11.6 Å². The largest absolute Gasteiger partial charge is 0.491 e. The number of rotatable bonds is 7. The summed E-state index contributed by atoms with van der Waals surface area (Å²) < 4.78 is 20.3. The van der Waals surface area contributed by atoms with Crippen LogP contribution in [0.4, 0.5) is 10.1 Å². The molecule has 8 heteroatoms. The fraction of sp³-hybridized carbons (Fsp3) is 0.200. The topological polar surface area (TPSA) is 72.6 Å². The predicted molar refractivity (Wildman–Crippen MR) is 130 cm³/mol. The summed E-state index contributed by atoms with van der Waals surface area (Å²) in [7, 11) is 1.52. The number of anilines is 1. The number of carbonyl (C=O) groups is 2. The normalized spacial score (nSPS) is 10.9. The average molecular weight is 489 g/mol. The van der Waals surface area contributed by atoms with E-state index in [-0.39, 0.29) is 16.5 Å². The number of nitrogens with zero attached hydrogens (tertiary/aromatic N) is 1. The zero-order valence-corrected chi connectivity index (χ0v) is 19.9. The number of benzene rings is 3. The van der Waals surface area contributed by atoms with Crippen LogP contribution in [0, 0.1) is 11.7 Å². The molecule has 0 radical (unpaired) electrons. The number of primary amides is 1. The van der Waals surface area contributed by atoms with Crippen molar-refractivity contribution in [3.8, 4) is 16.9 Å². The molecular formula is C25H23Cl2FN2O3. The zero-order chi connectivity index (χ0) is 24.3. The van der Waals surface area contributed by atoms with Gasteiger partial charge in [-0.15, -0.1) is 0 Å². The van der Waals surface area contributed by atoms with Gasteiger partial charge in [-0.3, -0.25) is 9.59 Å². The highest BCUT2D eigenvalue weighted by atomic mass is 35.5. The van der Waals surface area contributed by atoms with E-state index in [9.17, 15) is 14.0 Å². The second kappa shape index (κ2) is 10.2. The van der Waals surface area contributed by atoms with Gasteiger partial charge < -0.3 is 15.4 Å². The van der Waals surface area contributed by atoms with Crippen molar-refractivity contribution < 1.29 is 18.7 Å². The van der Waals surface area contributed by atoms with Crippen LogP contribution in [0.3, 0.4) is 0 Å². The first-order valence-corrected chi connectivity index (χ1v) is 10.9. The maximum atomic E-state index is 14.3. The summed E-state index contributed by atoms with van der Waals surface area (Å²) in [6.45, 7) is 4.36. The van der Waals surface area contributed by atoms with Crippen LogP contribution in [0.15, 0.2) is 54.6 Å². The van der Waals surface area contributed by atoms with Crippen molar-refractivity contribution in [3.63, 3.8) is 0 Å². The second-order valence-electron chi connectivity index (χ2n) is 7.91. The van der Waals surface area contributed by atoms with Crippen molar-refractivity contribution in [1.82, 2.24) is 0 Å². The maximum Gasteiger partial charge on any atom is 0.262 e. The summed E-state index contributed by atoms with van der Waals surface area (Å²) in [5, 5.41) is 0.438. The minimum absolute atomic E-state index is 0.0168. The fourth-order valence-electron chi connectivity index (χ4n) is 3.21. The second-order valence-corrected chi connectivity index (χ2v) is 8.72. The van der Waals surface area contributed by atoms with Crippen LogP contribution in [0.2, 0.25) is 10.0 Å². The number of halogens is 3. The average Bonchev–Trinajstić information content (AvgIpc) is 2.77. The molecular weight excluding hydrogens is 466 g/mol. The van der Waals surface area contributed by atoms with Crippen LogP contribution in [-0.2, 0) is 0 Å². The van der Waals surface area contributed by atoms with Crippen LogP contribution in [0.25, 0.3) is 11.1 Å². The number of hydrogen-bond donors (Lipinski definition) is 1. The van der Waals surface area contributed by atoms with E-state index in [0.717, 1.165) is 0 Å². The first-order valence-electron chi connectivity index (χ1n) is 10.2. The summed E-state index contributed by atoms with van der Waals surface area (Å²) in [4.78, 5) is 26.0. The highest BCUT2D eigenvalue weighted by molar-refractivity contribution is 6.34. The molecule has 3 aromatic carbocycles. The Labute approximate surface area is 201 Å². The Bertz CT molecular complexity index is 1190. The zero-order valence-electron chi connectivity index (χ0n) is 18.4. The molecule has 3 aromatic rings. The van der Waals surface area contributed by atoms with E-state index >= 15 is 0 Å². The Morgan fingerprint density at radius 2 is 1.79 bits per heavy atom. The molecule has 0 fully saturated rings. The van der Waals surface area contributed by atoms with Gasteiger partial charge in [-0.1, -0.05) is 49.2 Å². The molecule has 0 aliphatic rings. The minimum atomic E-state index is -0.712. The molecule has 172 valence electrons. The van der Waals surface area contributed by atoms with Gasteiger partial charge in [-0.05, 0) is 53.9 Å². The van der Waals surface area contributed by atoms with Crippen LogP contribution in [0.5, 0.6) is 5.75 Å².